The largest absolute Gasteiger partial charge is 0.390 e. The Balaban J connectivity index is 2.38. The molecule has 0 bridgehead atoms. The SMILES string of the molecule is CCOCc1ccccc1CNCC(O)CN(CC)CC. The molecule has 4 heteroatoms. The zero-order valence-electron chi connectivity index (χ0n) is 13.6. The number of nitrogens with zero attached hydrogens (tertiary/aromatic N) is 1. The van der Waals surface area contributed by atoms with Gasteiger partial charge in [0.15, 0.2) is 0 Å². The Labute approximate surface area is 129 Å². The van der Waals surface area contributed by atoms with E-state index >= 15 is 0 Å². The molecular weight excluding hydrogens is 264 g/mol. The summed E-state index contributed by atoms with van der Waals surface area (Å²) in [4.78, 5) is 2.23. The molecule has 4 nitrogen and oxygen atoms in total. The van der Waals surface area contributed by atoms with Gasteiger partial charge in [0.1, 0.15) is 0 Å². The lowest BCUT2D eigenvalue weighted by Gasteiger charge is -2.22. The van der Waals surface area contributed by atoms with Crippen molar-refractivity contribution in [2.45, 2.75) is 40.0 Å². The third kappa shape index (κ3) is 7.05. The molecule has 0 heterocycles. The molecule has 0 aliphatic heterocycles. The van der Waals surface area contributed by atoms with Crippen LogP contribution < -0.4 is 5.32 Å². The predicted molar refractivity (Wildman–Crippen MR) is 87.3 cm³/mol. The highest BCUT2D eigenvalue weighted by molar-refractivity contribution is 5.26. The molecule has 2 N–H and O–H groups in total. The van der Waals surface area contributed by atoms with Gasteiger partial charge in [0, 0.05) is 26.2 Å². The van der Waals surface area contributed by atoms with Crippen LogP contribution in [-0.4, -0.2) is 48.9 Å². The van der Waals surface area contributed by atoms with E-state index in [-0.39, 0.29) is 6.10 Å². The van der Waals surface area contributed by atoms with Crippen molar-refractivity contribution in [2.24, 2.45) is 0 Å². The zero-order chi connectivity index (χ0) is 15.5. The summed E-state index contributed by atoms with van der Waals surface area (Å²) in [6.07, 6.45) is -0.330. The first-order valence-corrected chi connectivity index (χ1v) is 7.96. The van der Waals surface area contributed by atoms with Crippen molar-refractivity contribution in [1.29, 1.82) is 0 Å². The lowest BCUT2D eigenvalue weighted by atomic mass is 10.1. The van der Waals surface area contributed by atoms with Crippen LogP contribution in [0.3, 0.4) is 0 Å². The molecule has 120 valence electrons. The maximum absolute atomic E-state index is 10.0. The molecule has 0 saturated carbocycles. The second kappa shape index (κ2) is 10.7. The lowest BCUT2D eigenvalue weighted by Crippen LogP contribution is -2.38. The van der Waals surface area contributed by atoms with Crippen molar-refractivity contribution in [3.63, 3.8) is 0 Å². The number of aliphatic hydroxyl groups excluding tert-OH is 1. The Morgan fingerprint density at radius 3 is 2.43 bits per heavy atom. The van der Waals surface area contributed by atoms with Gasteiger partial charge in [0.25, 0.3) is 0 Å². The van der Waals surface area contributed by atoms with Crippen molar-refractivity contribution in [1.82, 2.24) is 10.2 Å². The van der Waals surface area contributed by atoms with Crippen LogP contribution in [0.15, 0.2) is 24.3 Å². The van der Waals surface area contributed by atoms with Crippen LogP contribution in [0.25, 0.3) is 0 Å². The van der Waals surface area contributed by atoms with E-state index < -0.39 is 0 Å². The van der Waals surface area contributed by atoms with Gasteiger partial charge in [0.2, 0.25) is 0 Å². The number of benzene rings is 1. The average molecular weight is 294 g/mol. The third-order valence-corrected chi connectivity index (χ3v) is 3.64. The van der Waals surface area contributed by atoms with Crippen molar-refractivity contribution in [2.75, 3.05) is 32.8 Å². The van der Waals surface area contributed by atoms with E-state index in [1.165, 1.54) is 11.1 Å². The second-order valence-corrected chi connectivity index (χ2v) is 5.18. The van der Waals surface area contributed by atoms with Gasteiger partial charge in [-0.3, -0.25) is 0 Å². The summed E-state index contributed by atoms with van der Waals surface area (Å²) >= 11 is 0. The summed E-state index contributed by atoms with van der Waals surface area (Å²) in [5.74, 6) is 0. The van der Waals surface area contributed by atoms with E-state index in [0.29, 0.717) is 13.2 Å². The van der Waals surface area contributed by atoms with Gasteiger partial charge >= 0.3 is 0 Å². The summed E-state index contributed by atoms with van der Waals surface area (Å²) in [5, 5.41) is 13.4. The van der Waals surface area contributed by atoms with Gasteiger partial charge in [-0.2, -0.15) is 0 Å². The van der Waals surface area contributed by atoms with Gasteiger partial charge in [-0.25, -0.2) is 0 Å². The Hall–Kier alpha value is -0.940. The van der Waals surface area contributed by atoms with Crippen LogP contribution in [0.5, 0.6) is 0 Å². The number of rotatable bonds is 11. The fraction of sp³-hybridized carbons (Fsp3) is 0.647. The number of likely N-dealkylation sites (N-methyl/N-ethyl adjacent to an activating group) is 1. The molecular formula is C17H30N2O2. The van der Waals surface area contributed by atoms with Crippen LogP contribution in [0.2, 0.25) is 0 Å². The molecule has 0 aliphatic carbocycles. The summed E-state index contributed by atoms with van der Waals surface area (Å²) in [5.41, 5.74) is 2.45. The van der Waals surface area contributed by atoms with Crippen molar-refractivity contribution < 1.29 is 9.84 Å². The molecule has 1 unspecified atom stereocenters. The van der Waals surface area contributed by atoms with Crippen LogP contribution in [0.4, 0.5) is 0 Å². The van der Waals surface area contributed by atoms with E-state index in [9.17, 15) is 5.11 Å². The molecule has 0 aliphatic rings. The number of aliphatic hydroxyl groups is 1. The van der Waals surface area contributed by atoms with Gasteiger partial charge in [-0.1, -0.05) is 38.1 Å². The van der Waals surface area contributed by atoms with Gasteiger partial charge in [0.05, 0.1) is 12.7 Å². The Morgan fingerprint density at radius 2 is 1.81 bits per heavy atom. The fourth-order valence-corrected chi connectivity index (χ4v) is 2.30. The molecule has 0 saturated heterocycles. The smallest absolute Gasteiger partial charge is 0.0791 e. The minimum absolute atomic E-state index is 0.330. The monoisotopic (exact) mass is 294 g/mol. The highest BCUT2D eigenvalue weighted by atomic mass is 16.5. The van der Waals surface area contributed by atoms with Gasteiger partial charge in [-0.05, 0) is 31.1 Å². The Kier molecular flexibility index (Phi) is 9.26. The van der Waals surface area contributed by atoms with E-state index in [1.54, 1.807) is 0 Å². The summed E-state index contributed by atoms with van der Waals surface area (Å²) < 4.78 is 5.49. The maximum atomic E-state index is 10.0. The zero-order valence-corrected chi connectivity index (χ0v) is 13.6. The molecule has 0 radical (unpaired) electrons. The quantitative estimate of drug-likeness (QED) is 0.655. The van der Waals surface area contributed by atoms with Crippen molar-refractivity contribution in [3.8, 4) is 0 Å². The predicted octanol–water partition coefficient (Wildman–Crippen LogP) is 2.02. The highest BCUT2D eigenvalue weighted by Gasteiger charge is 2.09. The maximum Gasteiger partial charge on any atom is 0.0791 e. The molecule has 21 heavy (non-hydrogen) atoms. The summed E-state index contributed by atoms with van der Waals surface area (Å²) in [7, 11) is 0. The first-order chi connectivity index (χ1) is 10.2. The van der Waals surface area contributed by atoms with Crippen LogP contribution in [0, 0.1) is 0 Å². The topological polar surface area (TPSA) is 44.7 Å². The third-order valence-electron chi connectivity index (χ3n) is 3.64. The number of nitrogens with one attached hydrogen (secondary N) is 1. The number of hydrogen-bond donors (Lipinski definition) is 2. The second-order valence-electron chi connectivity index (χ2n) is 5.18. The minimum atomic E-state index is -0.330. The molecule has 0 aromatic heterocycles. The van der Waals surface area contributed by atoms with Crippen LogP contribution >= 0.6 is 0 Å². The molecule has 0 fully saturated rings. The molecule has 0 spiro atoms. The van der Waals surface area contributed by atoms with Crippen LogP contribution in [-0.2, 0) is 17.9 Å². The number of hydrogen-bond acceptors (Lipinski definition) is 4. The average Bonchev–Trinajstić information content (AvgIpc) is 2.51. The first kappa shape index (κ1) is 18.1. The standard InChI is InChI=1S/C17H30N2O2/c1-4-19(5-2)13-17(20)12-18-11-15-9-7-8-10-16(15)14-21-6-3/h7-10,17-18,20H,4-6,11-14H2,1-3H3. The van der Waals surface area contributed by atoms with E-state index in [2.05, 4.69) is 36.2 Å². The molecule has 1 rings (SSSR count). The van der Waals surface area contributed by atoms with E-state index in [4.69, 9.17) is 4.74 Å². The van der Waals surface area contributed by atoms with Crippen molar-refractivity contribution >= 4 is 0 Å². The van der Waals surface area contributed by atoms with E-state index in [0.717, 1.165) is 32.8 Å². The van der Waals surface area contributed by atoms with Crippen LogP contribution in [0.1, 0.15) is 31.9 Å². The number of ether oxygens (including phenoxy) is 1. The summed E-state index contributed by atoms with van der Waals surface area (Å²) in [6.45, 7) is 11.7. The fourth-order valence-electron chi connectivity index (χ4n) is 2.30. The molecule has 1 aromatic carbocycles. The van der Waals surface area contributed by atoms with Crippen molar-refractivity contribution in [3.05, 3.63) is 35.4 Å². The van der Waals surface area contributed by atoms with Gasteiger partial charge < -0.3 is 20.1 Å². The van der Waals surface area contributed by atoms with E-state index in [1.807, 2.05) is 19.1 Å². The molecule has 1 aromatic rings. The Morgan fingerprint density at radius 1 is 1.14 bits per heavy atom. The molecule has 1 atom stereocenters. The Bertz CT molecular complexity index is 381. The normalized spacial score (nSPS) is 12.8. The highest BCUT2D eigenvalue weighted by Crippen LogP contribution is 2.10. The van der Waals surface area contributed by atoms with Gasteiger partial charge in [-0.15, -0.1) is 0 Å². The summed E-state index contributed by atoms with van der Waals surface area (Å²) in [6, 6.07) is 8.28. The first-order valence-electron chi connectivity index (χ1n) is 7.96. The molecule has 0 amide bonds. The minimum Gasteiger partial charge on any atom is -0.390 e. The lowest BCUT2D eigenvalue weighted by molar-refractivity contribution is 0.116.